The number of aromatic nitrogens is 1. The van der Waals surface area contributed by atoms with Gasteiger partial charge < -0.3 is 5.73 Å². The van der Waals surface area contributed by atoms with Crippen molar-refractivity contribution in [3.05, 3.63) is 34.8 Å². The summed E-state index contributed by atoms with van der Waals surface area (Å²) >= 11 is 2.93. The number of carbonyl (C=O) groups excluding carboxylic acids is 2. The molecule has 3 N–H and O–H groups in total. The third kappa shape index (κ3) is 4.80. The van der Waals surface area contributed by atoms with Crippen LogP contribution in [-0.4, -0.2) is 22.4 Å². The highest BCUT2D eigenvalue weighted by Gasteiger charge is 2.14. The van der Waals surface area contributed by atoms with Crippen LogP contribution in [0.2, 0.25) is 0 Å². The number of hydrogen-bond acceptors (Lipinski definition) is 6. The van der Waals surface area contributed by atoms with Crippen molar-refractivity contribution in [1.82, 2.24) is 4.98 Å². The summed E-state index contributed by atoms with van der Waals surface area (Å²) in [5, 5.41) is 5.13. The standard InChI is InChI=1S/C16H19N3O2S2/c1-3-4-10(2)23-12-5-6-14(17)13(7-12)15(21)19-16-18-11(8-20)9-22-16/h5-10H,3-4,17H2,1-2H3,(H,18,19,21). The molecule has 1 unspecified atom stereocenters. The Morgan fingerprint density at radius 3 is 2.96 bits per heavy atom. The largest absolute Gasteiger partial charge is 0.398 e. The Bertz CT molecular complexity index is 700. The summed E-state index contributed by atoms with van der Waals surface area (Å²) in [5.74, 6) is -0.320. The molecule has 0 spiro atoms. The number of nitrogens with one attached hydrogen (secondary N) is 1. The fraction of sp³-hybridized carbons (Fsp3) is 0.312. The van der Waals surface area contributed by atoms with Crippen molar-refractivity contribution in [1.29, 1.82) is 0 Å². The van der Waals surface area contributed by atoms with E-state index in [9.17, 15) is 9.59 Å². The molecule has 0 aliphatic rings. The van der Waals surface area contributed by atoms with Crippen molar-refractivity contribution in [2.45, 2.75) is 36.8 Å². The molecule has 0 aliphatic heterocycles. The van der Waals surface area contributed by atoms with E-state index in [1.807, 2.05) is 6.07 Å². The molecule has 1 heterocycles. The summed E-state index contributed by atoms with van der Waals surface area (Å²) in [6.07, 6.45) is 2.89. The highest BCUT2D eigenvalue weighted by molar-refractivity contribution is 7.99. The number of nitrogen functional groups attached to an aromatic ring is 1. The average Bonchev–Trinajstić information content (AvgIpc) is 2.97. The Hall–Kier alpha value is -1.86. The van der Waals surface area contributed by atoms with Gasteiger partial charge in [0.05, 0.1) is 5.56 Å². The molecule has 122 valence electrons. The molecular weight excluding hydrogens is 330 g/mol. The summed E-state index contributed by atoms with van der Waals surface area (Å²) in [6, 6.07) is 5.47. The molecule has 2 aromatic rings. The van der Waals surface area contributed by atoms with Crippen molar-refractivity contribution in [2.24, 2.45) is 0 Å². The Balaban J connectivity index is 2.13. The molecule has 1 atom stereocenters. The summed E-state index contributed by atoms with van der Waals surface area (Å²) < 4.78 is 0. The van der Waals surface area contributed by atoms with Gasteiger partial charge >= 0.3 is 0 Å². The molecule has 23 heavy (non-hydrogen) atoms. The number of nitrogens with zero attached hydrogens (tertiary/aromatic N) is 1. The zero-order valence-electron chi connectivity index (χ0n) is 13.0. The maximum absolute atomic E-state index is 12.4. The zero-order valence-corrected chi connectivity index (χ0v) is 14.7. The maximum atomic E-state index is 12.4. The van der Waals surface area contributed by atoms with Gasteiger partial charge in [0.2, 0.25) is 0 Å². The molecule has 7 heteroatoms. The predicted octanol–water partition coefficient (Wildman–Crippen LogP) is 4.07. The van der Waals surface area contributed by atoms with E-state index in [-0.39, 0.29) is 5.91 Å². The van der Waals surface area contributed by atoms with Crippen LogP contribution in [0.4, 0.5) is 10.8 Å². The third-order valence-corrected chi connectivity index (χ3v) is 5.11. The van der Waals surface area contributed by atoms with Gasteiger partial charge in [0.1, 0.15) is 5.69 Å². The number of rotatable bonds is 7. The van der Waals surface area contributed by atoms with Crippen molar-refractivity contribution in [3.63, 3.8) is 0 Å². The van der Waals surface area contributed by atoms with Gasteiger partial charge in [-0.1, -0.05) is 20.3 Å². The van der Waals surface area contributed by atoms with E-state index >= 15 is 0 Å². The normalized spacial score (nSPS) is 11.9. The first-order chi connectivity index (χ1) is 11.0. The first kappa shape index (κ1) is 17.5. The topological polar surface area (TPSA) is 85.1 Å². The van der Waals surface area contributed by atoms with Crippen LogP contribution in [-0.2, 0) is 0 Å². The molecular formula is C16H19N3O2S2. The van der Waals surface area contributed by atoms with Crippen LogP contribution in [0.15, 0.2) is 28.5 Å². The number of nitrogens with two attached hydrogens (primary N) is 1. The van der Waals surface area contributed by atoms with Crippen molar-refractivity contribution in [3.8, 4) is 0 Å². The van der Waals surface area contributed by atoms with Crippen molar-refractivity contribution < 1.29 is 9.59 Å². The molecule has 1 aromatic carbocycles. The number of anilines is 2. The van der Waals surface area contributed by atoms with Gasteiger partial charge in [0.25, 0.3) is 5.91 Å². The molecule has 5 nitrogen and oxygen atoms in total. The summed E-state index contributed by atoms with van der Waals surface area (Å²) in [5.41, 5.74) is 7.06. The second-order valence-corrected chi connectivity index (χ2v) is 7.49. The molecule has 0 radical (unpaired) electrons. The first-order valence-electron chi connectivity index (χ1n) is 7.31. The number of thiazole rings is 1. The molecule has 0 saturated carbocycles. The van der Waals surface area contributed by atoms with Crippen molar-refractivity contribution >= 4 is 46.1 Å². The van der Waals surface area contributed by atoms with Crippen LogP contribution in [0.5, 0.6) is 0 Å². The minimum atomic E-state index is -0.320. The Labute approximate surface area is 143 Å². The van der Waals surface area contributed by atoms with Gasteiger partial charge in [-0.05, 0) is 24.6 Å². The molecule has 0 saturated heterocycles. The van der Waals surface area contributed by atoms with E-state index in [1.165, 1.54) is 11.3 Å². The zero-order chi connectivity index (χ0) is 16.8. The number of benzene rings is 1. The molecule has 1 amide bonds. The average molecular weight is 349 g/mol. The molecule has 0 fully saturated rings. The Kier molecular flexibility index (Phi) is 6.18. The van der Waals surface area contributed by atoms with E-state index in [0.717, 1.165) is 17.7 Å². The fourth-order valence-electron chi connectivity index (χ4n) is 2.07. The lowest BCUT2D eigenvalue weighted by atomic mass is 10.1. The van der Waals surface area contributed by atoms with Gasteiger partial charge in [0.15, 0.2) is 11.4 Å². The second-order valence-electron chi connectivity index (χ2n) is 5.12. The van der Waals surface area contributed by atoms with Gasteiger partial charge in [0, 0.05) is 21.2 Å². The minimum absolute atomic E-state index is 0.302. The minimum Gasteiger partial charge on any atom is -0.398 e. The van der Waals surface area contributed by atoms with E-state index in [2.05, 4.69) is 24.1 Å². The Morgan fingerprint density at radius 1 is 1.52 bits per heavy atom. The fourth-order valence-corrected chi connectivity index (χ4v) is 3.87. The van der Waals surface area contributed by atoms with Gasteiger partial charge in [-0.3, -0.25) is 14.9 Å². The lowest BCUT2D eigenvalue weighted by molar-refractivity contribution is 0.102. The number of carbonyl (C=O) groups is 2. The van der Waals surface area contributed by atoms with E-state index < -0.39 is 0 Å². The molecule has 1 aromatic heterocycles. The molecule has 0 bridgehead atoms. The number of aldehydes is 1. The van der Waals surface area contributed by atoms with Gasteiger partial charge in [-0.2, -0.15) is 0 Å². The lowest BCUT2D eigenvalue weighted by Gasteiger charge is -2.12. The van der Waals surface area contributed by atoms with Gasteiger partial charge in [-0.15, -0.1) is 23.1 Å². The summed E-state index contributed by atoms with van der Waals surface area (Å²) in [7, 11) is 0. The maximum Gasteiger partial charge on any atom is 0.259 e. The van der Waals surface area contributed by atoms with E-state index in [0.29, 0.717) is 33.6 Å². The van der Waals surface area contributed by atoms with Crippen LogP contribution in [0.1, 0.15) is 47.5 Å². The smallest absolute Gasteiger partial charge is 0.259 e. The molecule has 0 aliphatic carbocycles. The highest BCUT2D eigenvalue weighted by Crippen LogP contribution is 2.29. The monoisotopic (exact) mass is 349 g/mol. The lowest BCUT2D eigenvalue weighted by Crippen LogP contribution is -2.14. The highest BCUT2D eigenvalue weighted by atomic mass is 32.2. The van der Waals surface area contributed by atoms with E-state index in [1.54, 1.807) is 29.3 Å². The van der Waals surface area contributed by atoms with Crippen LogP contribution < -0.4 is 11.1 Å². The van der Waals surface area contributed by atoms with Crippen LogP contribution in [0, 0.1) is 0 Å². The van der Waals surface area contributed by atoms with Crippen LogP contribution in [0.25, 0.3) is 0 Å². The molecule has 2 rings (SSSR count). The van der Waals surface area contributed by atoms with Gasteiger partial charge in [-0.25, -0.2) is 4.98 Å². The first-order valence-corrected chi connectivity index (χ1v) is 9.07. The van der Waals surface area contributed by atoms with Crippen LogP contribution in [0.3, 0.4) is 0 Å². The third-order valence-electron chi connectivity index (χ3n) is 3.17. The predicted molar refractivity (Wildman–Crippen MR) is 96.5 cm³/mol. The summed E-state index contributed by atoms with van der Waals surface area (Å²) in [4.78, 5) is 28.0. The van der Waals surface area contributed by atoms with Crippen LogP contribution >= 0.6 is 23.1 Å². The number of thioether (sulfide) groups is 1. The number of amides is 1. The van der Waals surface area contributed by atoms with Crippen molar-refractivity contribution in [2.75, 3.05) is 11.1 Å². The number of hydrogen-bond donors (Lipinski definition) is 2. The quantitative estimate of drug-likeness (QED) is 0.447. The second kappa shape index (κ2) is 8.12. The van der Waals surface area contributed by atoms with E-state index in [4.69, 9.17) is 5.73 Å². The Morgan fingerprint density at radius 2 is 2.30 bits per heavy atom. The summed E-state index contributed by atoms with van der Waals surface area (Å²) in [6.45, 7) is 4.32. The SMILES string of the molecule is CCCC(C)Sc1ccc(N)c(C(=O)Nc2nc(C=O)cs2)c1.